The van der Waals surface area contributed by atoms with Crippen LogP contribution in [-0.4, -0.2) is 18.3 Å². The van der Waals surface area contributed by atoms with E-state index < -0.39 is 0 Å². The Hall–Kier alpha value is -2.15. The fourth-order valence-electron chi connectivity index (χ4n) is 1.15. The van der Waals surface area contributed by atoms with Gasteiger partial charge in [-0.3, -0.25) is 4.79 Å². The number of azide groups is 1. The summed E-state index contributed by atoms with van der Waals surface area (Å²) in [6, 6.07) is 7.10. The molecule has 0 aromatic heterocycles. The number of hydrogen-bond acceptors (Lipinski definition) is 2. The highest BCUT2D eigenvalue weighted by atomic mass is 35.5. The first kappa shape index (κ1) is 13.9. The third kappa shape index (κ3) is 5.26. The van der Waals surface area contributed by atoms with Gasteiger partial charge < -0.3 is 5.32 Å². The number of anilines is 1. The molecule has 1 amide bonds. The van der Waals surface area contributed by atoms with Crippen LogP contribution in [-0.2, 0) is 4.79 Å². The Kier molecular flexibility index (Phi) is 6.20. The topological polar surface area (TPSA) is 77.9 Å². The largest absolute Gasteiger partial charge is 0.325 e. The average Bonchev–Trinajstić information content (AvgIpc) is 2.40. The summed E-state index contributed by atoms with van der Waals surface area (Å²) in [4.78, 5) is 13.7. The number of carbonyl (C=O) groups is 1. The van der Waals surface area contributed by atoms with Crippen LogP contribution < -0.4 is 5.32 Å². The smallest absolute Gasteiger partial charge is 0.239 e. The molecule has 1 N–H and O–H groups in total. The standard InChI is InChI=1S/C12H11ClN4O/c13-9-12(18)16-11-6-4-10(5-7-11)3-1-2-8-15-17-14/h4-7H,2,8-9H2,(H,16,18). The van der Waals surface area contributed by atoms with Crippen LogP contribution in [0.1, 0.15) is 12.0 Å². The first-order valence-electron chi connectivity index (χ1n) is 5.22. The predicted molar refractivity (Wildman–Crippen MR) is 71.3 cm³/mol. The van der Waals surface area contributed by atoms with Crippen molar-refractivity contribution in [3.63, 3.8) is 0 Å². The van der Waals surface area contributed by atoms with E-state index >= 15 is 0 Å². The molecule has 1 aromatic rings. The van der Waals surface area contributed by atoms with Gasteiger partial charge in [-0.15, -0.1) is 11.6 Å². The normalized spacial score (nSPS) is 8.72. The van der Waals surface area contributed by atoms with E-state index in [-0.39, 0.29) is 11.8 Å². The van der Waals surface area contributed by atoms with E-state index in [2.05, 4.69) is 27.2 Å². The van der Waals surface area contributed by atoms with Gasteiger partial charge in [0.25, 0.3) is 0 Å². The van der Waals surface area contributed by atoms with Crippen molar-refractivity contribution in [2.75, 3.05) is 17.7 Å². The molecule has 0 unspecified atom stereocenters. The number of halogens is 1. The van der Waals surface area contributed by atoms with E-state index in [0.717, 1.165) is 5.56 Å². The number of rotatable bonds is 4. The van der Waals surface area contributed by atoms with Crippen molar-refractivity contribution in [2.45, 2.75) is 6.42 Å². The van der Waals surface area contributed by atoms with Gasteiger partial charge in [-0.25, -0.2) is 0 Å². The maximum Gasteiger partial charge on any atom is 0.239 e. The van der Waals surface area contributed by atoms with Crippen molar-refractivity contribution in [3.05, 3.63) is 40.3 Å². The van der Waals surface area contributed by atoms with Crippen LogP contribution in [0.25, 0.3) is 10.4 Å². The van der Waals surface area contributed by atoms with Gasteiger partial charge in [0.15, 0.2) is 0 Å². The minimum absolute atomic E-state index is 0.0685. The lowest BCUT2D eigenvalue weighted by molar-refractivity contribution is -0.113. The van der Waals surface area contributed by atoms with Crippen molar-refractivity contribution in [2.24, 2.45) is 5.11 Å². The summed E-state index contributed by atoms with van der Waals surface area (Å²) in [5, 5.41) is 6.01. The van der Waals surface area contributed by atoms with Crippen LogP contribution in [0, 0.1) is 11.8 Å². The van der Waals surface area contributed by atoms with Crippen molar-refractivity contribution in [1.29, 1.82) is 0 Å². The van der Waals surface area contributed by atoms with Gasteiger partial charge in [-0.05, 0) is 29.8 Å². The van der Waals surface area contributed by atoms with Crippen LogP contribution in [0.5, 0.6) is 0 Å². The zero-order valence-corrected chi connectivity index (χ0v) is 10.3. The first-order chi connectivity index (χ1) is 8.76. The van der Waals surface area contributed by atoms with E-state index in [4.69, 9.17) is 17.1 Å². The highest BCUT2D eigenvalue weighted by molar-refractivity contribution is 6.29. The second-order valence-corrected chi connectivity index (χ2v) is 3.53. The number of alkyl halides is 1. The summed E-state index contributed by atoms with van der Waals surface area (Å²) in [5.74, 6) is 5.50. The fourth-order valence-corrected chi connectivity index (χ4v) is 1.21. The predicted octanol–water partition coefficient (Wildman–Crippen LogP) is 2.92. The summed E-state index contributed by atoms with van der Waals surface area (Å²) < 4.78 is 0. The molecule has 5 nitrogen and oxygen atoms in total. The number of benzene rings is 1. The number of amides is 1. The molecule has 18 heavy (non-hydrogen) atoms. The molecule has 0 aliphatic carbocycles. The average molecular weight is 263 g/mol. The molecule has 0 radical (unpaired) electrons. The summed E-state index contributed by atoms with van der Waals surface area (Å²) in [6.07, 6.45) is 0.523. The minimum atomic E-state index is -0.245. The zero-order valence-electron chi connectivity index (χ0n) is 9.56. The molecular formula is C12H11ClN4O. The first-order valence-corrected chi connectivity index (χ1v) is 5.75. The minimum Gasteiger partial charge on any atom is -0.325 e. The van der Waals surface area contributed by atoms with E-state index in [1.165, 1.54) is 0 Å². The molecule has 0 saturated heterocycles. The van der Waals surface area contributed by atoms with Gasteiger partial charge in [0.05, 0.1) is 0 Å². The Bertz CT molecular complexity index is 509. The van der Waals surface area contributed by atoms with Crippen LogP contribution in [0.3, 0.4) is 0 Å². The van der Waals surface area contributed by atoms with Gasteiger partial charge in [-0.1, -0.05) is 17.0 Å². The lowest BCUT2D eigenvalue weighted by Gasteiger charge is -2.01. The molecule has 92 valence electrons. The molecule has 0 aliphatic heterocycles. The molecular weight excluding hydrogens is 252 g/mol. The Labute approximate surface area is 110 Å². The van der Waals surface area contributed by atoms with Crippen molar-refractivity contribution in [3.8, 4) is 11.8 Å². The summed E-state index contributed by atoms with van der Waals surface area (Å²) in [5.41, 5.74) is 9.59. The van der Waals surface area contributed by atoms with Crippen molar-refractivity contribution in [1.82, 2.24) is 0 Å². The van der Waals surface area contributed by atoms with Gasteiger partial charge in [0, 0.05) is 29.1 Å². The summed E-state index contributed by atoms with van der Waals surface area (Å²) >= 11 is 5.37. The third-order valence-corrected chi connectivity index (χ3v) is 2.17. The Balaban J connectivity index is 2.54. The Morgan fingerprint density at radius 2 is 2.17 bits per heavy atom. The molecule has 0 atom stereocenters. The SMILES string of the molecule is [N-]=[N+]=NCCC#Cc1ccc(NC(=O)CCl)cc1. The van der Waals surface area contributed by atoms with Gasteiger partial charge >= 0.3 is 0 Å². The highest BCUT2D eigenvalue weighted by Crippen LogP contribution is 2.08. The van der Waals surface area contributed by atoms with E-state index in [9.17, 15) is 4.79 Å². The quantitative estimate of drug-likeness (QED) is 0.222. The number of nitrogens with one attached hydrogen (secondary N) is 1. The third-order valence-electron chi connectivity index (χ3n) is 1.92. The zero-order chi connectivity index (χ0) is 13.2. The molecule has 1 aromatic carbocycles. The Morgan fingerprint density at radius 3 is 2.78 bits per heavy atom. The maximum absolute atomic E-state index is 11.0. The molecule has 0 saturated carbocycles. The van der Waals surface area contributed by atoms with Crippen molar-refractivity contribution < 1.29 is 4.79 Å². The molecule has 0 spiro atoms. The van der Waals surface area contributed by atoms with Gasteiger partial charge in [0.2, 0.25) is 5.91 Å². The molecule has 0 bridgehead atoms. The monoisotopic (exact) mass is 262 g/mol. The molecule has 0 heterocycles. The van der Waals surface area contributed by atoms with Crippen LogP contribution in [0.2, 0.25) is 0 Å². The van der Waals surface area contributed by atoms with Crippen LogP contribution in [0.15, 0.2) is 29.4 Å². The Morgan fingerprint density at radius 1 is 1.44 bits per heavy atom. The summed E-state index contributed by atoms with van der Waals surface area (Å²) in [7, 11) is 0. The number of carbonyl (C=O) groups excluding carboxylic acids is 1. The second-order valence-electron chi connectivity index (χ2n) is 3.27. The lowest BCUT2D eigenvalue weighted by atomic mass is 10.2. The lowest BCUT2D eigenvalue weighted by Crippen LogP contribution is -2.12. The van der Waals surface area contributed by atoms with Gasteiger partial charge in [-0.2, -0.15) is 0 Å². The molecule has 0 aliphatic rings. The number of hydrogen-bond donors (Lipinski definition) is 1. The molecule has 1 rings (SSSR count). The van der Waals surface area contributed by atoms with E-state index in [1.807, 2.05) is 0 Å². The van der Waals surface area contributed by atoms with Crippen LogP contribution in [0.4, 0.5) is 5.69 Å². The van der Waals surface area contributed by atoms with Gasteiger partial charge in [0.1, 0.15) is 5.88 Å². The summed E-state index contributed by atoms with van der Waals surface area (Å²) in [6.45, 7) is 0.368. The highest BCUT2D eigenvalue weighted by Gasteiger charge is 1.98. The van der Waals surface area contributed by atoms with Crippen molar-refractivity contribution >= 4 is 23.2 Å². The van der Waals surface area contributed by atoms with Crippen LogP contribution >= 0.6 is 11.6 Å². The fraction of sp³-hybridized carbons (Fsp3) is 0.250. The second kappa shape index (κ2) is 8.02. The van der Waals surface area contributed by atoms with E-state index in [1.54, 1.807) is 24.3 Å². The molecule has 6 heteroatoms. The van der Waals surface area contributed by atoms with E-state index in [0.29, 0.717) is 18.7 Å². The number of nitrogens with zero attached hydrogens (tertiary/aromatic N) is 3. The maximum atomic E-state index is 11.0. The molecule has 0 fully saturated rings.